The lowest BCUT2D eigenvalue weighted by atomic mass is 9.83. The van der Waals surface area contributed by atoms with Gasteiger partial charge in [0, 0.05) is 13.1 Å². The van der Waals surface area contributed by atoms with Gasteiger partial charge in [-0.05, 0) is 23.8 Å². The molecule has 3 heteroatoms. The molecule has 2 rings (SSSR count). The van der Waals surface area contributed by atoms with Crippen LogP contribution >= 0.6 is 0 Å². The minimum Gasteiger partial charge on any atom is -0.337 e. The summed E-state index contributed by atoms with van der Waals surface area (Å²) in [5, 5.41) is 0. The second-order valence-corrected chi connectivity index (χ2v) is 6.81. The Labute approximate surface area is 127 Å². The standard InChI is InChI=1S/C18H26N2O/c1-18(2,3)15-9-11-20(12-10-15)17(21)16(19)13-14-7-5-4-6-8-14/h4-9,16H,10-13,19H2,1-3H3. The van der Waals surface area contributed by atoms with Crippen molar-refractivity contribution in [1.82, 2.24) is 4.90 Å². The van der Waals surface area contributed by atoms with Crippen molar-refractivity contribution in [3.63, 3.8) is 0 Å². The van der Waals surface area contributed by atoms with Gasteiger partial charge in [0.2, 0.25) is 5.91 Å². The van der Waals surface area contributed by atoms with E-state index in [-0.39, 0.29) is 11.3 Å². The molecular weight excluding hydrogens is 260 g/mol. The largest absolute Gasteiger partial charge is 0.337 e. The molecule has 0 aromatic heterocycles. The topological polar surface area (TPSA) is 46.3 Å². The monoisotopic (exact) mass is 286 g/mol. The molecule has 0 spiro atoms. The van der Waals surface area contributed by atoms with E-state index in [1.54, 1.807) is 0 Å². The van der Waals surface area contributed by atoms with E-state index in [1.165, 1.54) is 5.57 Å². The minimum absolute atomic E-state index is 0.0584. The van der Waals surface area contributed by atoms with Crippen molar-refractivity contribution in [2.75, 3.05) is 13.1 Å². The molecule has 1 aromatic carbocycles. The minimum atomic E-state index is -0.447. The summed E-state index contributed by atoms with van der Waals surface area (Å²) in [7, 11) is 0. The van der Waals surface area contributed by atoms with Crippen molar-refractivity contribution in [1.29, 1.82) is 0 Å². The first kappa shape index (κ1) is 15.8. The van der Waals surface area contributed by atoms with Gasteiger partial charge in [-0.15, -0.1) is 0 Å². The normalized spacial score (nSPS) is 17.3. The van der Waals surface area contributed by atoms with Crippen LogP contribution in [-0.4, -0.2) is 29.9 Å². The van der Waals surface area contributed by atoms with Gasteiger partial charge in [-0.25, -0.2) is 0 Å². The van der Waals surface area contributed by atoms with E-state index in [0.29, 0.717) is 13.0 Å². The van der Waals surface area contributed by atoms with Crippen LogP contribution in [0.2, 0.25) is 0 Å². The number of nitrogens with two attached hydrogens (primary N) is 1. The first-order chi connectivity index (χ1) is 9.88. The molecule has 3 nitrogen and oxygen atoms in total. The Hall–Kier alpha value is -1.61. The summed E-state index contributed by atoms with van der Waals surface area (Å²) in [4.78, 5) is 14.3. The molecule has 1 aliphatic heterocycles. The highest BCUT2D eigenvalue weighted by molar-refractivity contribution is 5.82. The van der Waals surface area contributed by atoms with Gasteiger partial charge >= 0.3 is 0 Å². The number of carbonyl (C=O) groups excluding carboxylic acids is 1. The lowest BCUT2D eigenvalue weighted by Gasteiger charge is -2.33. The van der Waals surface area contributed by atoms with Crippen LogP contribution in [0.3, 0.4) is 0 Å². The molecule has 0 bridgehead atoms. The molecule has 21 heavy (non-hydrogen) atoms. The van der Waals surface area contributed by atoms with E-state index in [0.717, 1.165) is 18.5 Å². The summed E-state index contributed by atoms with van der Waals surface area (Å²) in [5.41, 5.74) is 8.83. The average molecular weight is 286 g/mol. The van der Waals surface area contributed by atoms with Gasteiger partial charge < -0.3 is 10.6 Å². The van der Waals surface area contributed by atoms with E-state index >= 15 is 0 Å². The summed E-state index contributed by atoms with van der Waals surface area (Å²) in [6.07, 6.45) is 3.75. The van der Waals surface area contributed by atoms with E-state index in [2.05, 4.69) is 26.8 Å². The molecule has 1 heterocycles. The number of carbonyl (C=O) groups is 1. The van der Waals surface area contributed by atoms with Gasteiger partial charge in [0.25, 0.3) is 0 Å². The van der Waals surface area contributed by atoms with Crippen LogP contribution in [0.25, 0.3) is 0 Å². The van der Waals surface area contributed by atoms with E-state index in [4.69, 9.17) is 5.73 Å². The zero-order valence-electron chi connectivity index (χ0n) is 13.3. The SMILES string of the molecule is CC(C)(C)C1=CCN(C(=O)C(N)Cc2ccccc2)CC1. The highest BCUT2D eigenvalue weighted by atomic mass is 16.2. The zero-order valence-corrected chi connectivity index (χ0v) is 13.3. The molecule has 1 aliphatic rings. The van der Waals surface area contributed by atoms with E-state index < -0.39 is 6.04 Å². The Morgan fingerprint density at radius 3 is 2.48 bits per heavy atom. The smallest absolute Gasteiger partial charge is 0.240 e. The lowest BCUT2D eigenvalue weighted by molar-refractivity contribution is -0.132. The zero-order chi connectivity index (χ0) is 15.5. The average Bonchev–Trinajstić information content (AvgIpc) is 2.46. The molecule has 1 amide bonds. The van der Waals surface area contributed by atoms with Crippen molar-refractivity contribution < 1.29 is 4.79 Å². The molecule has 0 aliphatic carbocycles. The fourth-order valence-electron chi connectivity index (χ4n) is 2.74. The van der Waals surface area contributed by atoms with Crippen LogP contribution in [0.1, 0.15) is 32.8 Å². The third-order valence-electron chi connectivity index (χ3n) is 4.10. The van der Waals surface area contributed by atoms with Crippen LogP contribution in [0, 0.1) is 5.41 Å². The maximum Gasteiger partial charge on any atom is 0.240 e. The maximum atomic E-state index is 12.4. The molecule has 114 valence electrons. The summed E-state index contributed by atoms with van der Waals surface area (Å²) in [5.74, 6) is 0.0584. The number of nitrogens with zero attached hydrogens (tertiary/aromatic N) is 1. The summed E-state index contributed by atoms with van der Waals surface area (Å²) in [6.45, 7) is 8.13. The summed E-state index contributed by atoms with van der Waals surface area (Å²) < 4.78 is 0. The third-order valence-corrected chi connectivity index (χ3v) is 4.10. The molecule has 2 N–H and O–H groups in total. The van der Waals surface area contributed by atoms with Crippen LogP contribution in [0.15, 0.2) is 42.0 Å². The van der Waals surface area contributed by atoms with Crippen LogP contribution in [0.5, 0.6) is 0 Å². The maximum absolute atomic E-state index is 12.4. The van der Waals surface area contributed by atoms with Gasteiger partial charge in [0.05, 0.1) is 6.04 Å². The quantitative estimate of drug-likeness (QED) is 0.869. The van der Waals surface area contributed by atoms with Gasteiger partial charge in [0.1, 0.15) is 0 Å². The molecule has 1 atom stereocenters. The molecule has 0 radical (unpaired) electrons. The van der Waals surface area contributed by atoms with Crippen LogP contribution in [0.4, 0.5) is 0 Å². The second kappa shape index (κ2) is 6.44. The lowest BCUT2D eigenvalue weighted by Crippen LogP contribution is -2.46. The highest BCUT2D eigenvalue weighted by Crippen LogP contribution is 2.30. The predicted molar refractivity (Wildman–Crippen MR) is 86.9 cm³/mol. The Morgan fingerprint density at radius 1 is 1.29 bits per heavy atom. The van der Waals surface area contributed by atoms with E-state index in [9.17, 15) is 4.79 Å². The van der Waals surface area contributed by atoms with Crippen molar-refractivity contribution >= 4 is 5.91 Å². The fraction of sp³-hybridized carbons (Fsp3) is 0.500. The van der Waals surface area contributed by atoms with Crippen molar-refractivity contribution in [3.8, 4) is 0 Å². The first-order valence-corrected chi connectivity index (χ1v) is 7.66. The molecule has 1 unspecified atom stereocenters. The molecule has 0 saturated heterocycles. The van der Waals surface area contributed by atoms with E-state index in [1.807, 2.05) is 35.2 Å². The molecule has 0 saturated carbocycles. The number of hydrogen-bond donors (Lipinski definition) is 1. The fourth-order valence-corrected chi connectivity index (χ4v) is 2.74. The number of rotatable bonds is 3. The number of amides is 1. The Balaban J connectivity index is 1.94. The first-order valence-electron chi connectivity index (χ1n) is 7.66. The van der Waals surface area contributed by atoms with Crippen LogP contribution < -0.4 is 5.73 Å². The third kappa shape index (κ3) is 4.18. The molecular formula is C18H26N2O. The van der Waals surface area contributed by atoms with Gasteiger partial charge in [0.15, 0.2) is 0 Å². The summed E-state index contributed by atoms with van der Waals surface area (Å²) in [6, 6.07) is 9.51. The summed E-state index contributed by atoms with van der Waals surface area (Å²) >= 11 is 0. The number of benzene rings is 1. The Bertz CT molecular complexity index is 514. The Morgan fingerprint density at radius 2 is 1.95 bits per heavy atom. The molecule has 0 fully saturated rings. The van der Waals surface area contributed by atoms with Crippen molar-refractivity contribution in [3.05, 3.63) is 47.5 Å². The van der Waals surface area contributed by atoms with Crippen LogP contribution in [-0.2, 0) is 11.2 Å². The number of hydrogen-bond acceptors (Lipinski definition) is 2. The predicted octanol–water partition coefficient (Wildman–Crippen LogP) is 2.76. The van der Waals surface area contributed by atoms with Gasteiger partial charge in [-0.1, -0.05) is 62.8 Å². The molecule has 1 aromatic rings. The van der Waals surface area contributed by atoms with Crippen molar-refractivity contribution in [2.24, 2.45) is 11.1 Å². The van der Waals surface area contributed by atoms with Gasteiger partial charge in [-0.3, -0.25) is 4.79 Å². The highest BCUT2D eigenvalue weighted by Gasteiger charge is 2.26. The second-order valence-electron chi connectivity index (χ2n) is 6.81. The van der Waals surface area contributed by atoms with Crippen molar-refractivity contribution in [2.45, 2.75) is 39.7 Å². The van der Waals surface area contributed by atoms with Gasteiger partial charge in [-0.2, -0.15) is 0 Å². The Kier molecular flexibility index (Phi) is 4.84.